The Morgan fingerprint density at radius 2 is 2.24 bits per heavy atom. The van der Waals surface area contributed by atoms with Crippen molar-refractivity contribution in [2.24, 2.45) is 0 Å². The van der Waals surface area contributed by atoms with Gasteiger partial charge in [-0.05, 0) is 12.5 Å². The Bertz CT molecular complexity index is 600. The molecule has 0 radical (unpaired) electrons. The van der Waals surface area contributed by atoms with Gasteiger partial charge < -0.3 is 19.9 Å². The highest BCUT2D eigenvalue weighted by Gasteiger charge is 2.16. The largest absolute Gasteiger partial charge is 0.454 e. The van der Waals surface area contributed by atoms with E-state index < -0.39 is 0 Å². The predicted octanol–water partition coefficient (Wildman–Crippen LogP) is 0.679. The number of fused-ring (bicyclic) bond motifs is 1. The number of aryl methyl sites for hydroxylation is 1. The summed E-state index contributed by atoms with van der Waals surface area (Å²) in [7, 11) is 0. The molecular formula is C14H18N4O3. The number of benzene rings is 1. The van der Waals surface area contributed by atoms with Crippen LogP contribution in [0.1, 0.15) is 17.7 Å². The molecule has 0 amide bonds. The summed E-state index contributed by atoms with van der Waals surface area (Å²) in [6.07, 6.45) is 2.57. The zero-order valence-electron chi connectivity index (χ0n) is 11.7. The van der Waals surface area contributed by atoms with Crippen LogP contribution >= 0.6 is 0 Å². The van der Waals surface area contributed by atoms with Crippen molar-refractivity contribution >= 4 is 0 Å². The minimum atomic E-state index is 0.161. The second kappa shape index (κ2) is 6.55. The maximum atomic E-state index is 8.78. The van der Waals surface area contributed by atoms with Gasteiger partial charge in [0.25, 0.3) is 0 Å². The van der Waals surface area contributed by atoms with E-state index in [1.54, 1.807) is 4.68 Å². The molecule has 7 nitrogen and oxygen atoms in total. The number of hydrogen-bond donors (Lipinski definition) is 2. The van der Waals surface area contributed by atoms with Crippen molar-refractivity contribution < 1.29 is 14.6 Å². The molecule has 0 saturated heterocycles. The van der Waals surface area contributed by atoms with Crippen LogP contribution in [-0.4, -0.2) is 33.5 Å². The van der Waals surface area contributed by atoms with Crippen molar-refractivity contribution in [3.05, 3.63) is 35.7 Å². The second-order valence-corrected chi connectivity index (χ2v) is 4.80. The minimum absolute atomic E-state index is 0.161. The Labute approximate surface area is 122 Å². The van der Waals surface area contributed by atoms with E-state index in [1.165, 1.54) is 0 Å². The van der Waals surface area contributed by atoms with E-state index in [1.807, 2.05) is 24.4 Å². The lowest BCUT2D eigenvalue weighted by molar-refractivity contribution is 0.173. The smallest absolute Gasteiger partial charge is 0.231 e. The van der Waals surface area contributed by atoms with Crippen molar-refractivity contribution in [2.75, 3.05) is 13.4 Å². The SMILES string of the molecule is OCCCn1cc(CNCc2cccc3c2OCO3)nn1. The van der Waals surface area contributed by atoms with E-state index in [4.69, 9.17) is 14.6 Å². The molecule has 0 spiro atoms. The Morgan fingerprint density at radius 1 is 1.29 bits per heavy atom. The Kier molecular flexibility index (Phi) is 4.32. The van der Waals surface area contributed by atoms with Crippen LogP contribution in [0.5, 0.6) is 11.5 Å². The van der Waals surface area contributed by atoms with Crippen molar-refractivity contribution in [1.29, 1.82) is 0 Å². The molecule has 0 atom stereocenters. The molecule has 21 heavy (non-hydrogen) atoms. The third kappa shape index (κ3) is 3.32. The number of aliphatic hydroxyl groups is 1. The second-order valence-electron chi connectivity index (χ2n) is 4.80. The highest BCUT2D eigenvalue weighted by atomic mass is 16.7. The first kappa shape index (κ1) is 13.8. The first-order valence-electron chi connectivity index (χ1n) is 6.95. The van der Waals surface area contributed by atoms with Gasteiger partial charge in [0, 0.05) is 38.0 Å². The van der Waals surface area contributed by atoms with Gasteiger partial charge in [0.1, 0.15) is 0 Å². The van der Waals surface area contributed by atoms with Gasteiger partial charge in [0.2, 0.25) is 6.79 Å². The molecule has 0 fully saturated rings. The summed E-state index contributed by atoms with van der Waals surface area (Å²) >= 11 is 0. The van der Waals surface area contributed by atoms with Crippen LogP contribution in [-0.2, 0) is 19.6 Å². The van der Waals surface area contributed by atoms with E-state index in [2.05, 4.69) is 15.6 Å². The number of para-hydroxylation sites is 1. The van der Waals surface area contributed by atoms with Crippen molar-refractivity contribution in [2.45, 2.75) is 26.1 Å². The average molecular weight is 290 g/mol. The molecule has 3 rings (SSSR count). The Morgan fingerprint density at radius 3 is 3.14 bits per heavy atom. The van der Waals surface area contributed by atoms with Gasteiger partial charge >= 0.3 is 0 Å². The highest BCUT2D eigenvalue weighted by Crippen LogP contribution is 2.35. The lowest BCUT2D eigenvalue weighted by Gasteiger charge is -2.06. The van der Waals surface area contributed by atoms with E-state index >= 15 is 0 Å². The predicted molar refractivity (Wildman–Crippen MR) is 74.8 cm³/mol. The normalized spacial score (nSPS) is 12.8. The molecule has 1 aromatic heterocycles. The maximum Gasteiger partial charge on any atom is 0.231 e. The molecule has 2 heterocycles. The summed E-state index contributed by atoms with van der Waals surface area (Å²) in [4.78, 5) is 0. The molecule has 1 aliphatic rings. The molecule has 0 saturated carbocycles. The molecule has 112 valence electrons. The van der Waals surface area contributed by atoms with Crippen molar-refractivity contribution in [3.63, 3.8) is 0 Å². The molecule has 1 aliphatic heterocycles. The number of aromatic nitrogens is 3. The molecule has 7 heteroatoms. The van der Waals surface area contributed by atoms with Gasteiger partial charge in [0.05, 0.1) is 5.69 Å². The summed E-state index contributed by atoms with van der Waals surface area (Å²) in [6.45, 7) is 2.43. The zero-order valence-corrected chi connectivity index (χ0v) is 11.7. The Balaban J connectivity index is 1.52. The summed E-state index contributed by atoms with van der Waals surface area (Å²) in [5.41, 5.74) is 1.94. The van der Waals surface area contributed by atoms with E-state index in [0.717, 1.165) is 22.8 Å². The fourth-order valence-corrected chi connectivity index (χ4v) is 2.22. The molecule has 0 aliphatic carbocycles. The van der Waals surface area contributed by atoms with Gasteiger partial charge in [-0.25, -0.2) is 0 Å². The van der Waals surface area contributed by atoms with Crippen LogP contribution in [0, 0.1) is 0 Å². The van der Waals surface area contributed by atoms with Crippen molar-refractivity contribution in [1.82, 2.24) is 20.3 Å². The third-order valence-electron chi connectivity index (χ3n) is 3.23. The summed E-state index contributed by atoms with van der Waals surface area (Å²) in [5.74, 6) is 1.61. The number of ether oxygens (including phenoxy) is 2. The number of aliphatic hydroxyl groups excluding tert-OH is 1. The average Bonchev–Trinajstić information content (AvgIpc) is 3.14. The molecule has 2 aromatic rings. The van der Waals surface area contributed by atoms with Gasteiger partial charge in [-0.3, -0.25) is 4.68 Å². The zero-order chi connectivity index (χ0) is 14.5. The first-order chi connectivity index (χ1) is 10.4. The molecular weight excluding hydrogens is 272 g/mol. The molecule has 0 bridgehead atoms. The van der Waals surface area contributed by atoms with Gasteiger partial charge in [-0.15, -0.1) is 5.10 Å². The van der Waals surface area contributed by atoms with Crippen LogP contribution in [0.15, 0.2) is 24.4 Å². The molecule has 2 N–H and O–H groups in total. The first-order valence-corrected chi connectivity index (χ1v) is 6.95. The third-order valence-corrected chi connectivity index (χ3v) is 3.23. The van der Waals surface area contributed by atoms with Gasteiger partial charge in [-0.2, -0.15) is 0 Å². The number of nitrogens with one attached hydrogen (secondary N) is 1. The fraction of sp³-hybridized carbons (Fsp3) is 0.429. The molecule has 0 unspecified atom stereocenters. The fourth-order valence-electron chi connectivity index (χ4n) is 2.22. The topological polar surface area (TPSA) is 81.4 Å². The van der Waals surface area contributed by atoms with E-state index in [-0.39, 0.29) is 13.4 Å². The maximum absolute atomic E-state index is 8.78. The van der Waals surface area contributed by atoms with Gasteiger partial charge in [-0.1, -0.05) is 17.3 Å². The van der Waals surface area contributed by atoms with Gasteiger partial charge in [0.15, 0.2) is 11.5 Å². The number of rotatable bonds is 7. The number of nitrogens with zero attached hydrogens (tertiary/aromatic N) is 3. The minimum Gasteiger partial charge on any atom is -0.454 e. The summed E-state index contributed by atoms with van der Waals surface area (Å²) in [5, 5.41) is 20.2. The van der Waals surface area contributed by atoms with Crippen LogP contribution in [0.3, 0.4) is 0 Å². The Hall–Kier alpha value is -2.12. The quantitative estimate of drug-likeness (QED) is 0.780. The molecule has 1 aromatic carbocycles. The van der Waals surface area contributed by atoms with Crippen LogP contribution in [0.25, 0.3) is 0 Å². The monoisotopic (exact) mass is 290 g/mol. The number of hydrogen-bond acceptors (Lipinski definition) is 6. The summed E-state index contributed by atoms with van der Waals surface area (Å²) in [6, 6.07) is 5.87. The summed E-state index contributed by atoms with van der Waals surface area (Å²) < 4.78 is 12.6. The van der Waals surface area contributed by atoms with Crippen LogP contribution < -0.4 is 14.8 Å². The highest BCUT2D eigenvalue weighted by molar-refractivity contribution is 5.48. The van der Waals surface area contributed by atoms with E-state index in [0.29, 0.717) is 26.1 Å². The van der Waals surface area contributed by atoms with E-state index in [9.17, 15) is 0 Å². The van der Waals surface area contributed by atoms with Crippen molar-refractivity contribution in [3.8, 4) is 11.5 Å². The van der Waals surface area contributed by atoms with Crippen LogP contribution in [0.4, 0.5) is 0 Å². The lowest BCUT2D eigenvalue weighted by atomic mass is 10.2. The standard InChI is InChI=1S/C14H18N4O3/c19-6-2-5-18-9-12(16-17-18)8-15-7-11-3-1-4-13-14(11)21-10-20-13/h1,3-4,9,15,19H,2,5-8,10H2. The lowest BCUT2D eigenvalue weighted by Crippen LogP contribution is -2.13. The van der Waals surface area contributed by atoms with Crippen LogP contribution in [0.2, 0.25) is 0 Å².